The Balaban J connectivity index is 1.63. The summed E-state index contributed by atoms with van der Waals surface area (Å²) < 4.78 is 23.9. The zero-order valence-electron chi connectivity index (χ0n) is 22.5. The summed E-state index contributed by atoms with van der Waals surface area (Å²) >= 11 is 1.41. The van der Waals surface area contributed by atoms with E-state index >= 15 is 0 Å². The number of methoxy groups -OCH3 is 2. The van der Waals surface area contributed by atoms with E-state index in [1.807, 2.05) is 47.8 Å². The monoisotopic (exact) mass is 572 g/mol. The maximum Gasteiger partial charge on any atom is 0.410 e. The van der Waals surface area contributed by atoms with Gasteiger partial charge in [-0.25, -0.2) is 9.18 Å². The molecule has 1 saturated heterocycles. The number of ketones is 1. The number of thiophene rings is 1. The first-order valence-electron chi connectivity index (χ1n) is 13.1. The number of likely N-dealkylation sites (tertiary alicyclic amines) is 1. The number of hydrogen-bond acceptors (Lipinski definition) is 6. The number of halogens is 1. The van der Waals surface area contributed by atoms with Crippen LogP contribution in [0.5, 0.6) is 5.75 Å². The normalized spacial score (nSPS) is 19.9. The highest BCUT2D eigenvalue weighted by molar-refractivity contribution is 7.10. The lowest BCUT2D eigenvalue weighted by atomic mass is 9.77. The third-order valence-electron chi connectivity index (χ3n) is 7.40. The van der Waals surface area contributed by atoms with E-state index in [1.165, 1.54) is 35.5 Å². The van der Waals surface area contributed by atoms with E-state index in [4.69, 9.17) is 9.47 Å². The molecule has 1 N–H and O–H groups in total. The molecule has 2 amide bonds. The number of amides is 2. The molecule has 4 aromatic rings. The first kappa shape index (κ1) is 28.0. The first-order valence-corrected chi connectivity index (χ1v) is 14.0. The highest BCUT2D eigenvalue weighted by Gasteiger charge is 2.58. The summed E-state index contributed by atoms with van der Waals surface area (Å²) in [6.45, 7) is 0.118. The molecule has 1 fully saturated rings. The zero-order valence-corrected chi connectivity index (χ0v) is 23.3. The summed E-state index contributed by atoms with van der Waals surface area (Å²) in [4.78, 5) is 44.1. The molecule has 4 unspecified atom stereocenters. The number of benzene rings is 3. The summed E-state index contributed by atoms with van der Waals surface area (Å²) in [7, 11) is 2.81. The molecule has 5 rings (SSSR count). The Bertz CT molecular complexity index is 1490. The van der Waals surface area contributed by atoms with E-state index in [9.17, 15) is 18.8 Å². The minimum Gasteiger partial charge on any atom is -0.497 e. The number of carbonyl (C=O) groups is 3. The van der Waals surface area contributed by atoms with Gasteiger partial charge in [-0.3, -0.25) is 14.5 Å². The van der Waals surface area contributed by atoms with Gasteiger partial charge in [0, 0.05) is 22.9 Å². The standard InChI is InChI=1S/C32H29FN2O5S/c1-39-24-16-12-22(13-17-24)30(36)27-26(21-7-4-3-5-8-21)29(31(37)34-19-20-10-14-23(33)15-11-20)35(32(38)40-2)28(27)25-9-6-18-41-25/h3-18,26-29H,19H2,1-2H3,(H,34,37). The fourth-order valence-corrected chi connectivity index (χ4v) is 6.39. The number of carbonyl (C=O) groups excluding carboxylic acids is 3. The molecule has 210 valence electrons. The minimum atomic E-state index is -1.07. The van der Waals surface area contributed by atoms with Crippen LogP contribution in [0, 0.1) is 11.7 Å². The van der Waals surface area contributed by atoms with Crippen LogP contribution in [0.4, 0.5) is 9.18 Å². The van der Waals surface area contributed by atoms with Gasteiger partial charge in [-0.05, 0) is 59.0 Å². The van der Waals surface area contributed by atoms with Gasteiger partial charge in [0.25, 0.3) is 0 Å². The van der Waals surface area contributed by atoms with Crippen LogP contribution < -0.4 is 10.1 Å². The number of hydrogen-bond donors (Lipinski definition) is 1. The largest absolute Gasteiger partial charge is 0.497 e. The molecule has 0 spiro atoms. The molecular formula is C32H29FN2O5S. The molecule has 0 saturated carbocycles. The van der Waals surface area contributed by atoms with Gasteiger partial charge in [0.1, 0.15) is 17.6 Å². The topological polar surface area (TPSA) is 84.9 Å². The maximum atomic E-state index is 14.4. The van der Waals surface area contributed by atoms with Crippen molar-refractivity contribution in [1.29, 1.82) is 0 Å². The lowest BCUT2D eigenvalue weighted by molar-refractivity contribution is -0.126. The lowest BCUT2D eigenvalue weighted by Gasteiger charge is -2.29. The van der Waals surface area contributed by atoms with E-state index in [1.54, 1.807) is 43.5 Å². The molecule has 9 heteroatoms. The Kier molecular flexibility index (Phi) is 8.45. The molecular weight excluding hydrogens is 543 g/mol. The van der Waals surface area contributed by atoms with Crippen LogP contribution in [0.15, 0.2) is 96.4 Å². The molecule has 2 heterocycles. The number of nitrogens with zero attached hydrogens (tertiary/aromatic N) is 1. The van der Waals surface area contributed by atoms with Crippen molar-refractivity contribution in [2.75, 3.05) is 14.2 Å². The summed E-state index contributed by atoms with van der Waals surface area (Å²) in [6, 6.07) is 23.8. The molecule has 4 atom stereocenters. The molecule has 41 heavy (non-hydrogen) atoms. The molecule has 1 aromatic heterocycles. The van der Waals surface area contributed by atoms with E-state index in [-0.39, 0.29) is 18.1 Å². The van der Waals surface area contributed by atoms with Crippen molar-refractivity contribution >= 4 is 29.1 Å². The van der Waals surface area contributed by atoms with Gasteiger partial charge >= 0.3 is 6.09 Å². The highest BCUT2D eigenvalue weighted by Crippen LogP contribution is 2.52. The summed E-state index contributed by atoms with van der Waals surface area (Å²) in [5.74, 6) is -1.91. The Morgan fingerprint density at radius 1 is 0.902 bits per heavy atom. The van der Waals surface area contributed by atoms with Gasteiger partial charge in [-0.15, -0.1) is 11.3 Å². The number of Topliss-reactive ketones (excluding diaryl/α,β-unsaturated/α-hetero) is 1. The van der Waals surface area contributed by atoms with Crippen molar-refractivity contribution < 1.29 is 28.2 Å². The van der Waals surface area contributed by atoms with Gasteiger partial charge in [0.15, 0.2) is 5.78 Å². The van der Waals surface area contributed by atoms with E-state index in [2.05, 4.69) is 5.32 Å². The van der Waals surface area contributed by atoms with Crippen molar-refractivity contribution in [3.63, 3.8) is 0 Å². The van der Waals surface area contributed by atoms with Crippen molar-refractivity contribution in [1.82, 2.24) is 10.2 Å². The van der Waals surface area contributed by atoms with Crippen LogP contribution in [0.3, 0.4) is 0 Å². The van der Waals surface area contributed by atoms with Gasteiger partial charge in [0.05, 0.1) is 26.2 Å². The predicted molar refractivity (Wildman–Crippen MR) is 153 cm³/mol. The third-order valence-corrected chi connectivity index (χ3v) is 8.34. The Labute approximate surface area is 241 Å². The maximum absolute atomic E-state index is 14.4. The van der Waals surface area contributed by atoms with Crippen LogP contribution >= 0.6 is 11.3 Å². The molecule has 0 bridgehead atoms. The Morgan fingerprint density at radius 2 is 1.61 bits per heavy atom. The van der Waals surface area contributed by atoms with Crippen LogP contribution in [0.25, 0.3) is 0 Å². The quantitative estimate of drug-likeness (QED) is 0.262. The Hall–Kier alpha value is -4.50. The van der Waals surface area contributed by atoms with E-state index in [0.717, 1.165) is 10.4 Å². The fraction of sp³-hybridized carbons (Fsp3) is 0.219. The second-order valence-corrected chi connectivity index (χ2v) is 10.7. The van der Waals surface area contributed by atoms with Gasteiger partial charge in [0.2, 0.25) is 5.91 Å². The van der Waals surface area contributed by atoms with Gasteiger partial charge in [-0.2, -0.15) is 0 Å². The molecule has 1 aliphatic rings. The highest BCUT2D eigenvalue weighted by atomic mass is 32.1. The van der Waals surface area contributed by atoms with Crippen LogP contribution in [0.2, 0.25) is 0 Å². The molecule has 1 aliphatic heterocycles. The molecule has 0 aliphatic carbocycles. The van der Waals surface area contributed by atoms with Crippen LogP contribution in [-0.4, -0.2) is 42.9 Å². The third kappa shape index (κ3) is 5.71. The number of rotatable bonds is 8. The van der Waals surface area contributed by atoms with Crippen molar-refractivity contribution in [3.8, 4) is 5.75 Å². The van der Waals surface area contributed by atoms with Crippen LogP contribution in [0.1, 0.15) is 38.3 Å². The summed E-state index contributed by atoms with van der Waals surface area (Å²) in [6.07, 6.45) is -0.712. The second-order valence-electron chi connectivity index (χ2n) is 9.68. The van der Waals surface area contributed by atoms with Crippen molar-refractivity contribution in [3.05, 3.63) is 124 Å². The summed E-state index contributed by atoms with van der Waals surface area (Å²) in [5, 5.41) is 4.79. The lowest BCUT2D eigenvalue weighted by Crippen LogP contribution is -2.48. The molecule has 7 nitrogen and oxygen atoms in total. The van der Waals surface area contributed by atoms with Crippen molar-refractivity contribution in [2.24, 2.45) is 5.92 Å². The average molecular weight is 573 g/mol. The Morgan fingerprint density at radius 3 is 2.22 bits per heavy atom. The van der Waals surface area contributed by atoms with E-state index in [0.29, 0.717) is 16.9 Å². The molecule has 0 radical (unpaired) electrons. The van der Waals surface area contributed by atoms with E-state index < -0.39 is 35.9 Å². The second kappa shape index (κ2) is 12.3. The van der Waals surface area contributed by atoms with Crippen molar-refractivity contribution in [2.45, 2.75) is 24.5 Å². The average Bonchev–Trinajstić information content (AvgIpc) is 3.67. The smallest absolute Gasteiger partial charge is 0.410 e. The number of nitrogens with one attached hydrogen (secondary N) is 1. The fourth-order valence-electron chi connectivity index (χ4n) is 5.52. The summed E-state index contributed by atoms with van der Waals surface area (Å²) in [5.41, 5.74) is 1.88. The van der Waals surface area contributed by atoms with Crippen LogP contribution in [-0.2, 0) is 16.1 Å². The first-order chi connectivity index (χ1) is 19.9. The van der Waals surface area contributed by atoms with Gasteiger partial charge in [-0.1, -0.05) is 48.5 Å². The molecule has 3 aromatic carbocycles. The zero-order chi connectivity index (χ0) is 28.9. The van der Waals surface area contributed by atoms with Gasteiger partial charge < -0.3 is 14.8 Å². The predicted octanol–water partition coefficient (Wildman–Crippen LogP) is 5.99. The minimum absolute atomic E-state index is 0.118. The number of ether oxygens (including phenoxy) is 2. The SMILES string of the molecule is COC(=O)N1C(C(=O)NCc2ccc(F)cc2)C(c2ccccc2)C(C(=O)c2ccc(OC)cc2)C1c1cccs1.